The van der Waals surface area contributed by atoms with Crippen LogP contribution in [0.2, 0.25) is 0 Å². The molecule has 0 fully saturated rings. The summed E-state index contributed by atoms with van der Waals surface area (Å²) in [6.45, 7) is 4.40. The van der Waals surface area contributed by atoms with E-state index in [9.17, 15) is 14.7 Å². The summed E-state index contributed by atoms with van der Waals surface area (Å²) < 4.78 is 7.32. The number of ether oxygens (including phenoxy) is 1. The Bertz CT molecular complexity index is 981. The molecule has 0 bridgehead atoms. The number of esters is 1. The highest BCUT2D eigenvalue weighted by molar-refractivity contribution is 5.84. The molecule has 51 heavy (non-hydrogen) atoms. The summed E-state index contributed by atoms with van der Waals surface area (Å²) in [6, 6.07) is -1.60. The van der Waals surface area contributed by atoms with Crippen LogP contribution in [0.15, 0.2) is 24.7 Å². The largest absolute Gasteiger partial charge is 0.462 e. The van der Waals surface area contributed by atoms with Gasteiger partial charge in [0.25, 0.3) is 0 Å². The van der Waals surface area contributed by atoms with Gasteiger partial charge in [-0.1, -0.05) is 180 Å². The van der Waals surface area contributed by atoms with E-state index >= 15 is 0 Å². The van der Waals surface area contributed by atoms with Crippen LogP contribution in [0.1, 0.15) is 199 Å². The maximum Gasteiger partial charge on any atom is 0.329 e. The van der Waals surface area contributed by atoms with Gasteiger partial charge in [0, 0.05) is 26.1 Å². The van der Waals surface area contributed by atoms with Crippen LogP contribution in [-0.4, -0.2) is 51.3 Å². The van der Waals surface area contributed by atoms with Crippen molar-refractivity contribution in [1.29, 1.82) is 0 Å². The van der Waals surface area contributed by atoms with Crippen molar-refractivity contribution in [2.24, 2.45) is 12.8 Å². The third-order valence-corrected chi connectivity index (χ3v) is 9.96. The van der Waals surface area contributed by atoms with Crippen LogP contribution in [0.4, 0.5) is 0 Å². The van der Waals surface area contributed by atoms with E-state index in [0.29, 0.717) is 12.1 Å². The number of nitrogens with one attached hydrogen (secondary N) is 1. The predicted molar refractivity (Wildman–Crippen MR) is 214 cm³/mol. The second-order valence-electron chi connectivity index (χ2n) is 15.1. The first-order valence-corrected chi connectivity index (χ1v) is 21.4. The van der Waals surface area contributed by atoms with Crippen molar-refractivity contribution in [1.82, 2.24) is 14.9 Å². The average molecular weight is 717 g/mol. The molecule has 0 aliphatic heterocycles. The number of nitrogens with two attached hydrogens (primary N) is 1. The number of hydrogen-bond acceptors (Lipinski definition) is 6. The van der Waals surface area contributed by atoms with E-state index in [1.165, 1.54) is 141 Å². The number of aliphatic hydroxyl groups is 1. The number of imidazole rings is 1. The number of amides is 1. The third kappa shape index (κ3) is 28.0. The van der Waals surface area contributed by atoms with E-state index in [2.05, 4.69) is 24.1 Å². The molecule has 1 rings (SSSR count). The minimum atomic E-state index is -0.903. The monoisotopic (exact) mass is 717 g/mol. The topological polar surface area (TPSA) is 119 Å². The fourth-order valence-electron chi connectivity index (χ4n) is 6.58. The quantitative estimate of drug-likeness (QED) is 0.0361. The van der Waals surface area contributed by atoms with Crippen molar-refractivity contribution < 1.29 is 19.4 Å². The Balaban J connectivity index is 2.25. The number of carbonyl (C=O) groups excluding carboxylic acids is 2. The number of unbranched alkanes of at least 4 members (excludes halogenated alkanes) is 25. The van der Waals surface area contributed by atoms with Gasteiger partial charge in [-0.3, -0.25) is 4.79 Å². The molecular formula is C43H80N4O4. The minimum absolute atomic E-state index is 0.129. The number of hydrogen-bond donors (Lipinski definition) is 3. The Labute approximate surface area is 313 Å². The van der Waals surface area contributed by atoms with Crippen molar-refractivity contribution in [3.05, 3.63) is 30.4 Å². The van der Waals surface area contributed by atoms with Gasteiger partial charge in [0.15, 0.2) is 0 Å². The second-order valence-corrected chi connectivity index (χ2v) is 15.1. The van der Waals surface area contributed by atoms with Gasteiger partial charge in [-0.15, -0.1) is 0 Å². The fraction of sp³-hybridized carbons (Fsp3) is 0.837. The minimum Gasteiger partial charge on any atom is -0.462 e. The fourth-order valence-corrected chi connectivity index (χ4v) is 6.58. The zero-order valence-corrected chi connectivity index (χ0v) is 33.4. The number of allylic oxidation sites excluding steroid dienone is 1. The number of rotatable bonds is 36. The summed E-state index contributed by atoms with van der Waals surface area (Å²) in [4.78, 5) is 30.2. The highest BCUT2D eigenvalue weighted by atomic mass is 16.5. The second kappa shape index (κ2) is 33.6. The van der Waals surface area contributed by atoms with Crippen molar-refractivity contribution in [3.8, 4) is 0 Å². The Morgan fingerprint density at radius 3 is 1.67 bits per heavy atom. The van der Waals surface area contributed by atoms with Crippen molar-refractivity contribution in [2.75, 3.05) is 6.61 Å². The average Bonchev–Trinajstić information content (AvgIpc) is 3.54. The van der Waals surface area contributed by atoms with Crippen LogP contribution in [0.25, 0.3) is 0 Å². The predicted octanol–water partition coefficient (Wildman–Crippen LogP) is 10.2. The van der Waals surface area contributed by atoms with Crippen LogP contribution in [0.5, 0.6) is 0 Å². The van der Waals surface area contributed by atoms with Crippen molar-refractivity contribution >= 4 is 11.9 Å². The lowest BCUT2D eigenvalue weighted by molar-refractivity contribution is -0.148. The highest BCUT2D eigenvalue weighted by Crippen LogP contribution is 2.15. The molecule has 1 amide bonds. The summed E-state index contributed by atoms with van der Waals surface area (Å²) in [7, 11) is 1.87. The molecule has 0 aliphatic carbocycles. The number of nitrogens with zero attached hydrogens (tertiary/aromatic N) is 2. The summed E-state index contributed by atoms with van der Waals surface area (Å²) in [5.74, 6) is -0.713. The van der Waals surface area contributed by atoms with Gasteiger partial charge >= 0.3 is 5.97 Å². The van der Waals surface area contributed by atoms with E-state index in [0.717, 1.165) is 32.1 Å². The normalized spacial score (nSPS) is 13.4. The molecule has 0 saturated heterocycles. The summed E-state index contributed by atoms with van der Waals surface area (Å²) >= 11 is 0. The lowest BCUT2D eigenvalue weighted by Gasteiger charge is -2.20. The smallest absolute Gasteiger partial charge is 0.329 e. The maximum atomic E-state index is 13.1. The molecule has 4 N–H and O–H groups in total. The van der Waals surface area contributed by atoms with Crippen LogP contribution in [0, 0.1) is 0 Å². The lowest BCUT2D eigenvalue weighted by atomic mass is 10.0. The molecule has 0 aromatic carbocycles. The van der Waals surface area contributed by atoms with Gasteiger partial charge in [0.05, 0.1) is 24.2 Å². The lowest BCUT2D eigenvalue weighted by Crippen LogP contribution is -2.45. The zero-order chi connectivity index (χ0) is 37.2. The van der Waals surface area contributed by atoms with Crippen molar-refractivity contribution in [3.63, 3.8) is 0 Å². The molecule has 0 saturated carbocycles. The van der Waals surface area contributed by atoms with Gasteiger partial charge in [-0.2, -0.15) is 0 Å². The molecule has 3 unspecified atom stereocenters. The van der Waals surface area contributed by atoms with Crippen LogP contribution in [0.3, 0.4) is 0 Å². The van der Waals surface area contributed by atoms with Gasteiger partial charge in [-0.25, -0.2) is 9.78 Å². The number of aliphatic hydroxyl groups excluding tert-OH is 1. The number of carbonyl (C=O) groups is 2. The maximum absolute atomic E-state index is 13.1. The Morgan fingerprint density at radius 1 is 0.765 bits per heavy atom. The highest BCUT2D eigenvalue weighted by Gasteiger charge is 2.25. The molecule has 8 heteroatoms. The molecule has 296 valence electrons. The van der Waals surface area contributed by atoms with E-state index < -0.39 is 24.2 Å². The molecule has 1 aromatic rings. The number of aryl methyl sites for hydroxylation is 1. The Kier molecular flexibility index (Phi) is 30.9. The zero-order valence-electron chi connectivity index (χ0n) is 33.4. The Morgan fingerprint density at radius 2 is 1.22 bits per heavy atom. The van der Waals surface area contributed by atoms with Crippen LogP contribution < -0.4 is 11.1 Å². The summed E-state index contributed by atoms with van der Waals surface area (Å²) in [6.07, 6.45) is 41.3. The van der Waals surface area contributed by atoms with Crippen LogP contribution in [-0.2, 0) is 27.8 Å². The molecule has 0 aliphatic rings. The molecular weight excluding hydrogens is 636 g/mol. The molecule has 0 radical (unpaired) electrons. The number of aromatic nitrogens is 2. The SMILES string of the molecule is CCCCCCCCCCCCCC=CC(O)C(N)COC(=O)C(Cc1cn(C)cn1)NC(=O)CCCCCCCCCCCCCCCCC. The summed E-state index contributed by atoms with van der Waals surface area (Å²) in [5, 5.41) is 13.4. The Hall–Kier alpha value is -2.19. The molecule has 0 spiro atoms. The third-order valence-electron chi connectivity index (χ3n) is 9.96. The standard InChI is InChI=1S/C43H80N4O4/c1-4-6-8-10-12-14-16-18-19-21-23-25-27-29-31-33-42(49)46-40(34-38-35-47(3)37-45-38)43(50)51-36-39(44)41(48)32-30-28-26-24-22-20-17-15-13-11-9-7-5-2/h30,32,35,37,39-41,48H,4-29,31,33-34,36,44H2,1-3H3,(H,46,49). The van der Waals surface area contributed by atoms with E-state index in [1.807, 2.05) is 23.9 Å². The van der Waals surface area contributed by atoms with Gasteiger partial charge in [0.1, 0.15) is 12.6 Å². The molecule has 3 atom stereocenters. The molecule has 1 heterocycles. The van der Waals surface area contributed by atoms with E-state index in [-0.39, 0.29) is 18.9 Å². The molecule has 8 nitrogen and oxygen atoms in total. The van der Waals surface area contributed by atoms with Gasteiger partial charge < -0.3 is 25.5 Å². The van der Waals surface area contributed by atoms with Gasteiger partial charge in [0.2, 0.25) is 5.91 Å². The van der Waals surface area contributed by atoms with Crippen LogP contribution >= 0.6 is 0 Å². The first-order chi connectivity index (χ1) is 24.9. The van der Waals surface area contributed by atoms with Crippen molar-refractivity contribution in [2.45, 2.75) is 218 Å². The first kappa shape index (κ1) is 46.8. The molecule has 1 aromatic heterocycles. The van der Waals surface area contributed by atoms with E-state index in [1.54, 1.807) is 12.4 Å². The summed E-state index contributed by atoms with van der Waals surface area (Å²) in [5.41, 5.74) is 6.85. The van der Waals surface area contributed by atoms with E-state index in [4.69, 9.17) is 10.5 Å². The van der Waals surface area contributed by atoms with Gasteiger partial charge in [-0.05, 0) is 19.3 Å². The first-order valence-electron chi connectivity index (χ1n) is 21.4.